The third-order valence-corrected chi connectivity index (χ3v) is 3.19. The first-order chi connectivity index (χ1) is 9.19. The van der Waals surface area contributed by atoms with E-state index >= 15 is 0 Å². The van der Waals surface area contributed by atoms with E-state index in [1.165, 1.54) is 6.07 Å². The number of ether oxygens (including phenoxy) is 1. The molecule has 1 aliphatic heterocycles. The van der Waals surface area contributed by atoms with E-state index in [-0.39, 0.29) is 18.6 Å². The van der Waals surface area contributed by atoms with Crippen molar-refractivity contribution in [3.63, 3.8) is 0 Å². The average molecular weight is 270 g/mol. The number of aliphatic hydroxyl groups excluding tert-OH is 1. The molecule has 1 aromatic heterocycles. The largest absolute Gasteiger partial charge is 0.433 e. The number of hydrogen-bond donors (Lipinski definition) is 1. The molecule has 0 aromatic carbocycles. The zero-order valence-corrected chi connectivity index (χ0v) is 10.7. The predicted octanol–water partition coefficient (Wildman–Crippen LogP) is 1.16. The van der Waals surface area contributed by atoms with Crippen molar-refractivity contribution in [2.24, 2.45) is 0 Å². The topological polar surface area (TPSA) is 89.0 Å². The third kappa shape index (κ3) is 4.02. The quantitative estimate of drug-likeness (QED) is 0.616. The molecule has 1 saturated heterocycles. The number of nitro groups is 1. The molecule has 0 saturated carbocycles. The number of hydrogen-bond acceptors (Lipinski definition) is 6. The second-order valence-electron chi connectivity index (χ2n) is 4.57. The van der Waals surface area contributed by atoms with Gasteiger partial charge in [-0.05, 0) is 18.9 Å². The van der Waals surface area contributed by atoms with Crippen molar-refractivity contribution in [2.75, 3.05) is 26.3 Å². The average Bonchev–Trinajstić information content (AvgIpc) is 2.87. The highest BCUT2D eigenvalue weighted by Gasteiger charge is 2.21. The molecule has 1 N–H and O–H groups in total. The fourth-order valence-electron chi connectivity index (χ4n) is 2.22. The Kier molecular flexibility index (Phi) is 4.89. The summed E-state index contributed by atoms with van der Waals surface area (Å²) in [4.78, 5) is 12.2. The van der Waals surface area contributed by atoms with Crippen molar-refractivity contribution in [1.29, 1.82) is 0 Å². The first-order valence-corrected chi connectivity index (χ1v) is 6.37. The monoisotopic (exact) mass is 270 g/mol. The van der Waals surface area contributed by atoms with E-state index < -0.39 is 4.92 Å². The molecular formula is C12H18N2O5. The molecule has 0 amide bonds. The van der Waals surface area contributed by atoms with Crippen molar-refractivity contribution in [3.8, 4) is 0 Å². The van der Waals surface area contributed by atoms with Crippen molar-refractivity contribution >= 4 is 5.88 Å². The van der Waals surface area contributed by atoms with E-state index in [2.05, 4.69) is 4.90 Å². The molecule has 0 unspecified atom stereocenters. The molecule has 0 bridgehead atoms. The molecule has 1 aromatic rings. The summed E-state index contributed by atoms with van der Waals surface area (Å²) in [5.41, 5.74) is 0. The van der Waals surface area contributed by atoms with Crippen LogP contribution in [-0.2, 0) is 11.3 Å². The molecule has 0 atom stereocenters. The lowest BCUT2D eigenvalue weighted by Gasteiger charge is -2.31. The fourth-order valence-corrected chi connectivity index (χ4v) is 2.22. The molecule has 1 fully saturated rings. The summed E-state index contributed by atoms with van der Waals surface area (Å²) in [5, 5.41) is 19.2. The van der Waals surface area contributed by atoms with Crippen molar-refractivity contribution in [2.45, 2.75) is 25.5 Å². The van der Waals surface area contributed by atoms with E-state index in [9.17, 15) is 10.1 Å². The Morgan fingerprint density at radius 1 is 1.47 bits per heavy atom. The van der Waals surface area contributed by atoms with Gasteiger partial charge in [-0.25, -0.2) is 0 Å². The second kappa shape index (κ2) is 6.65. The Balaban J connectivity index is 1.77. The first-order valence-electron chi connectivity index (χ1n) is 6.37. The summed E-state index contributed by atoms with van der Waals surface area (Å²) >= 11 is 0. The van der Waals surface area contributed by atoms with Crippen LogP contribution in [0.1, 0.15) is 18.6 Å². The van der Waals surface area contributed by atoms with Gasteiger partial charge in [0.05, 0.1) is 31.9 Å². The van der Waals surface area contributed by atoms with E-state index in [1.54, 1.807) is 6.07 Å². The van der Waals surface area contributed by atoms with Crippen molar-refractivity contribution in [3.05, 3.63) is 28.0 Å². The molecular weight excluding hydrogens is 252 g/mol. The highest BCUT2D eigenvalue weighted by molar-refractivity contribution is 5.17. The Hall–Kier alpha value is -1.44. The van der Waals surface area contributed by atoms with Crippen LogP contribution in [-0.4, -0.2) is 47.3 Å². The van der Waals surface area contributed by atoms with Gasteiger partial charge in [-0.2, -0.15) is 0 Å². The Labute approximate surface area is 110 Å². The minimum Gasteiger partial charge on any atom is -0.404 e. The van der Waals surface area contributed by atoms with E-state index in [1.807, 2.05) is 0 Å². The summed E-state index contributed by atoms with van der Waals surface area (Å²) in [5.74, 6) is 0.401. The van der Waals surface area contributed by atoms with Crippen LogP contribution >= 0.6 is 0 Å². The number of nitrogens with zero attached hydrogens (tertiary/aromatic N) is 2. The SMILES string of the molecule is O=[N+]([O-])c1ccc(CN2CCC(OCCO)CC2)o1. The summed E-state index contributed by atoms with van der Waals surface area (Å²) in [6.07, 6.45) is 2.01. The molecule has 7 heteroatoms. The van der Waals surface area contributed by atoms with Gasteiger partial charge in [0.1, 0.15) is 10.7 Å². The smallest absolute Gasteiger partial charge is 0.404 e. The fraction of sp³-hybridized carbons (Fsp3) is 0.667. The maximum absolute atomic E-state index is 10.5. The van der Waals surface area contributed by atoms with Gasteiger partial charge in [0.15, 0.2) is 0 Å². The zero-order chi connectivity index (χ0) is 13.7. The standard InChI is InChI=1S/C12H18N2O5/c15-7-8-18-10-3-5-13(6-4-10)9-11-1-2-12(19-11)14(16)17/h1-2,10,15H,3-9H2. The first kappa shape index (κ1) is 14.0. The maximum Gasteiger partial charge on any atom is 0.433 e. The summed E-state index contributed by atoms with van der Waals surface area (Å²) in [6.45, 7) is 2.75. The van der Waals surface area contributed by atoms with Crippen molar-refractivity contribution in [1.82, 2.24) is 4.90 Å². The minimum absolute atomic E-state index is 0.0519. The van der Waals surface area contributed by atoms with Crippen molar-refractivity contribution < 1.29 is 19.2 Å². The lowest BCUT2D eigenvalue weighted by Crippen LogP contribution is -2.36. The summed E-state index contributed by atoms with van der Waals surface area (Å²) in [7, 11) is 0. The molecule has 0 radical (unpaired) electrons. The number of rotatable bonds is 6. The zero-order valence-electron chi connectivity index (χ0n) is 10.7. The van der Waals surface area contributed by atoms with E-state index in [0.717, 1.165) is 25.9 Å². The van der Waals surface area contributed by atoms with Crippen LogP contribution in [0.5, 0.6) is 0 Å². The van der Waals surface area contributed by atoms with Gasteiger partial charge < -0.3 is 14.3 Å². The number of furan rings is 1. The molecule has 2 heterocycles. The van der Waals surface area contributed by atoms with Gasteiger partial charge in [0, 0.05) is 13.1 Å². The van der Waals surface area contributed by atoms with Crippen LogP contribution in [0.15, 0.2) is 16.5 Å². The highest BCUT2D eigenvalue weighted by atomic mass is 16.6. The highest BCUT2D eigenvalue weighted by Crippen LogP contribution is 2.20. The van der Waals surface area contributed by atoms with Gasteiger partial charge in [-0.1, -0.05) is 0 Å². The molecule has 7 nitrogen and oxygen atoms in total. The summed E-state index contributed by atoms with van der Waals surface area (Å²) < 4.78 is 10.6. The second-order valence-corrected chi connectivity index (χ2v) is 4.57. The van der Waals surface area contributed by atoms with E-state index in [4.69, 9.17) is 14.3 Å². The molecule has 0 aliphatic carbocycles. The number of aliphatic hydroxyl groups is 1. The maximum atomic E-state index is 10.5. The third-order valence-electron chi connectivity index (χ3n) is 3.19. The molecule has 19 heavy (non-hydrogen) atoms. The lowest BCUT2D eigenvalue weighted by molar-refractivity contribution is -0.402. The van der Waals surface area contributed by atoms with E-state index in [0.29, 0.717) is 18.9 Å². The van der Waals surface area contributed by atoms with Crippen LogP contribution in [0, 0.1) is 10.1 Å². The molecule has 2 rings (SSSR count). The lowest BCUT2D eigenvalue weighted by atomic mass is 10.1. The van der Waals surface area contributed by atoms with Gasteiger partial charge in [-0.15, -0.1) is 0 Å². The number of piperidine rings is 1. The predicted molar refractivity (Wildman–Crippen MR) is 66.7 cm³/mol. The Bertz CT molecular complexity index is 412. The minimum atomic E-state index is -0.529. The van der Waals surface area contributed by atoms with Crippen LogP contribution in [0.4, 0.5) is 5.88 Å². The molecule has 0 spiro atoms. The van der Waals surface area contributed by atoms with Crippen LogP contribution in [0.25, 0.3) is 0 Å². The van der Waals surface area contributed by atoms with Gasteiger partial charge in [0.25, 0.3) is 0 Å². The van der Waals surface area contributed by atoms with Gasteiger partial charge >= 0.3 is 5.88 Å². The molecule has 106 valence electrons. The molecule has 1 aliphatic rings. The van der Waals surface area contributed by atoms with Crippen LogP contribution in [0.3, 0.4) is 0 Å². The van der Waals surface area contributed by atoms with Gasteiger partial charge in [0.2, 0.25) is 0 Å². The van der Waals surface area contributed by atoms with Crippen LogP contribution < -0.4 is 0 Å². The Morgan fingerprint density at radius 2 is 2.21 bits per heavy atom. The van der Waals surface area contributed by atoms with Crippen LogP contribution in [0.2, 0.25) is 0 Å². The Morgan fingerprint density at radius 3 is 2.79 bits per heavy atom. The normalized spacial score (nSPS) is 17.7. The number of likely N-dealkylation sites (tertiary alicyclic amines) is 1. The summed E-state index contributed by atoms with van der Waals surface area (Å²) in [6, 6.07) is 3.03. The van der Waals surface area contributed by atoms with Gasteiger partial charge in [-0.3, -0.25) is 15.0 Å².